The van der Waals surface area contributed by atoms with Crippen molar-refractivity contribution in [3.05, 3.63) is 0 Å². The third kappa shape index (κ3) is 17.6. The Labute approximate surface area is 143 Å². The van der Waals surface area contributed by atoms with Crippen LogP contribution in [-0.4, -0.2) is 30.3 Å². The molecule has 0 aromatic heterocycles. The van der Waals surface area contributed by atoms with Crippen molar-refractivity contribution in [2.45, 2.75) is 103 Å². The SMILES string of the molecule is CCCCCCCCCCCCCCCCOC[C@H](N)C(=O)O. The first-order valence-corrected chi connectivity index (χ1v) is 9.74. The lowest BCUT2D eigenvalue weighted by Gasteiger charge is -2.07. The number of unbranched alkanes of at least 4 members (excludes halogenated alkanes) is 13. The molecule has 0 unspecified atom stereocenters. The minimum atomic E-state index is -0.994. The Morgan fingerprint density at radius 2 is 1.22 bits per heavy atom. The highest BCUT2D eigenvalue weighted by molar-refractivity contribution is 5.73. The summed E-state index contributed by atoms with van der Waals surface area (Å²) in [4.78, 5) is 10.5. The summed E-state index contributed by atoms with van der Waals surface area (Å²) in [6, 6.07) is -0.887. The lowest BCUT2D eigenvalue weighted by molar-refractivity contribution is -0.140. The fraction of sp³-hybridized carbons (Fsp3) is 0.947. The number of ether oxygens (including phenoxy) is 1. The molecule has 3 N–H and O–H groups in total. The van der Waals surface area contributed by atoms with Gasteiger partial charge in [0.2, 0.25) is 0 Å². The fourth-order valence-electron chi connectivity index (χ4n) is 2.68. The van der Waals surface area contributed by atoms with Crippen LogP contribution in [0.25, 0.3) is 0 Å². The monoisotopic (exact) mass is 329 g/mol. The van der Waals surface area contributed by atoms with Gasteiger partial charge in [0.25, 0.3) is 0 Å². The first-order chi connectivity index (χ1) is 11.2. The Morgan fingerprint density at radius 1 is 0.826 bits per heavy atom. The largest absolute Gasteiger partial charge is 0.480 e. The van der Waals surface area contributed by atoms with Crippen LogP contribution in [0.4, 0.5) is 0 Å². The Hall–Kier alpha value is -0.610. The van der Waals surface area contributed by atoms with Crippen LogP contribution in [0.3, 0.4) is 0 Å². The van der Waals surface area contributed by atoms with Crippen LogP contribution in [-0.2, 0) is 9.53 Å². The van der Waals surface area contributed by atoms with Crippen LogP contribution >= 0.6 is 0 Å². The maximum atomic E-state index is 10.5. The first-order valence-electron chi connectivity index (χ1n) is 9.74. The fourth-order valence-corrected chi connectivity index (χ4v) is 2.68. The summed E-state index contributed by atoms with van der Waals surface area (Å²) in [5.74, 6) is -0.994. The lowest BCUT2D eigenvalue weighted by atomic mass is 10.0. The molecule has 0 aliphatic rings. The van der Waals surface area contributed by atoms with Crippen LogP contribution in [0.5, 0.6) is 0 Å². The van der Waals surface area contributed by atoms with Crippen LogP contribution in [0.2, 0.25) is 0 Å². The Balaban J connectivity index is 3.04. The normalized spacial score (nSPS) is 12.4. The molecule has 0 spiro atoms. The van der Waals surface area contributed by atoms with Crippen molar-refractivity contribution in [1.29, 1.82) is 0 Å². The van der Waals surface area contributed by atoms with Gasteiger partial charge in [-0.3, -0.25) is 4.79 Å². The summed E-state index contributed by atoms with van der Waals surface area (Å²) in [6.45, 7) is 3.01. The van der Waals surface area contributed by atoms with Gasteiger partial charge in [0.15, 0.2) is 0 Å². The summed E-state index contributed by atoms with van der Waals surface area (Å²) < 4.78 is 5.26. The van der Waals surface area contributed by atoms with E-state index in [9.17, 15) is 4.79 Å². The van der Waals surface area contributed by atoms with Gasteiger partial charge in [0.05, 0.1) is 6.61 Å². The molecule has 0 aliphatic heterocycles. The highest BCUT2D eigenvalue weighted by Crippen LogP contribution is 2.12. The summed E-state index contributed by atoms with van der Waals surface area (Å²) in [5, 5.41) is 8.60. The van der Waals surface area contributed by atoms with Gasteiger partial charge in [0.1, 0.15) is 6.04 Å². The number of hydrogen-bond donors (Lipinski definition) is 2. The highest BCUT2D eigenvalue weighted by Gasteiger charge is 2.10. The molecule has 0 aromatic rings. The molecule has 0 saturated carbocycles. The molecule has 0 saturated heterocycles. The second-order valence-electron chi connectivity index (χ2n) is 6.62. The molecule has 0 aromatic carbocycles. The minimum absolute atomic E-state index is 0.119. The van der Waals surface area contributed by atoms with Crippen LogP contribution in [0.1, 0.15) is 96.8 Å². The van der Waals surface area contributed by atoms with Crippen molar-refractivity contribution < 1.29 is 14.6 Å². The molecule has 0 heterocycles. The quantitative estimate of drug-likeness (QED) is 0.351. The van der Waals surface area contributed by atoms with Gasteiger partial charge in [-0.05, 0) is 6.42 Å². The maximum Gasteiger partial charge on any atom is 0.322 e. The summed E-state index contributed by atoms with van der Waals surface area (Å²) >= 11 is 0. The van der Waals surface area contributed by atoms with Crippen molar-refractivity contribution in [2.24, 2.45) is 5.73 Å². The zero-order chi connectivity index (χ0) is 17.2. The van der Waals surface area contributed by atoms with E-state index in [1.165, 1.54) is 83.5 Å². The third-order valence-electron chi connectivity index (χ3n) is 4.26. The Bertz CT molecular complexity index is 259. The number of carboxylic acid groups (broad SMARTS) is 1. The van der Waals surface area contributed by atoms with E-state index in [2.05, 4.69) is 6.92 Å². The van der Waals surface area contributed by atoms with E-state index in [0.717, 1.165) is 6.42 Å². The first kappa shape index (κ1) is 22.4. The Morgan fingerprint density at radius 3 is 1.61 bits per heavy atom. The molecule has 23 heavy (non-hydrogen) atoms. The maximum absolute atomic E-state index is 10.5. The molecule has 138 valence electrons. The molecule has 0 bridgehead atoms. The zero-order valence-corrected chi connectivity index (χ0v) is 15.2. The molecule has 4 heteroatoms. The predicted octanol–water partition coefficient (Wildman–Crippen LogP) is 4.90. The van der Waals surface area contributed by atoms with E-state index in [4.69, 9.17) is 15.6 Å². The van der Waals surface area contributed by atoms with Crippen LogP contribution in [0, 0.1) is 0 Å². The molecule has 0 rings (SSSR count). The number of nitrogens with two attached hydrogens (primary N) is 1. The predicted molar refractivity (Wildman–Crippen MR) is 96.7 cm³/mol. The van der Waals surface area contributed by atoms with Crippen molar-refractivity contribution in [3.8, 4) is 0 Å². The van der Waals surface area contributed by atoms with Gasteiger partial charge in [-0.2, -0.15) is 0 Å². The number of carboxylic acids is 1. The molecule has 4 nitrogen and oxygen atoms in total. The molecule has 0 fully saturated rings. The Kier molecular flexibility index (Phi) is 17.3. The number of rotatable bonds is 18. The average molecular weight is 330 g/mol. The summed E-state index contributed by atoms with van der Waals surface area (Å²) in [6.07, 6.45) is 18.7. The van der Waals surface area contributed by atoms with Gasteiger partial charge in [-0.15, -0.1) is 0 Å². The van der Waals surface area contributed by atoms with Gasteiger partial charge < -0.3 is 15.6 Å². The van der Waals surface area contributed by atoms with E-state index in [1.54, 1.807) is 0 Å². The molecular weight excluding hydrogens is 290 g/mol. The summed E-state index contributed by atoms with van der Waals surface area (Å²) in [5.41, 5.74) is 5.35. The van der Waals surface area contributed by atoms with Crippen LogP contribution < -0.4 is 5.73 Å². The van der Waals surface area contributed by atoms with Crippen molar-refractivity contribution >= 4 is 5.97 Å². The van der Waals surface area contributed by atoms with E-state index < -0.39 is 12.0 Å². The molecule has 0 aliphatic carbocycles. The van der Waals surface area contributed by atoms with Crippen LogP contribution in [0.15, 0.2) is 0 Å². The number of carbonyl (C=O) groups is 1. The number of hydrogen-bond acceptors (Lipinski definition) is 3. The highest BCUT2D eigenvalue weighted by atomic mass is 16.5. The van der Waals surface area contributed by atoms with E-state index in [1.807, 2.05) is 0 Å². The van der Waals surface area contributed by atoms with Gasteiger partial charge in [-0.1, -0.05) is 90.4 Å². The average Bonchev–Trinajstić information content (AvgIpc) is 2.54. The number of aliphatic carboxylic acids is 1. The van der Waals surface area contributed by atoms with Crippen molar-refractivity contribution in [1.82, 2.24) is 0 Å². The smallest absolute Gasteiger partial charge is 0.322 e. The molecular formula is C19H39NO3. The second-order valence-corrected chi connectivity index (χ2v) is 6.62. The van der Waals surface area contributed by atoms with E-state index >= 15 is 0 Å². The molecule has 0 amide bonds. The molecule has 0 radical (unpaired) electrons. The van der Waals surface area contributed by atoms with Gasteiger partial charge >= 0.3 is 5.97 Å². The van der Waals surface area contributed by atoms with Gasteiger partial charge in [0, 0.05) is 6.61 Å². The topological polar surface area (TPSA) is 72.5 Å². The molecule has 1 atom stereocenters. The lowest BCUT2D eigenvalue weighted by Crippen LogP contribution is -2.34. The second kappa shape index (κ2) is 17.7. The minimum Gasteiger partial charge on any atom is -0.480 e. The van der Waals surface area contributed by atoms with E-state index in [-0.39, 0.29) is 6.61 Å². The van der Waals surface area contributed by atoms with Crippen molar-refractivity contribution in [3.63, 3.8) is 0 Å². The standard InChI is InChI=1S/C19H39NO3/c1-2-3-4-5-6-7-8-9-10-11-12-13-14-15-16-23-17-18(20)19(21)22/h18H,2-17,20H2,1H3,(H,21,22)/t18-/m0/s1. The summed E-state index contributed by atoms with van der Waals surface area (Å²) in [7, 11) is 0. The van der Waals surface area contributed by atoms with Crippen molar-refractivity contribution in [2.75, 3.05) is 13.2 Å². The third-order valence-corrected chi connectivity index (χ3v) is 4.26. The zero-order valence-electron chi connectivity index (χ0n) is 15.2. The van der Waals surface area contributed by atoms with Gasteiger partial charge in [-0.25, -0.2) is 0 Å². The van der Waals surface area contributed by atoms with E-state index in [0.29, 0.717) is 6.61 Å².